The Morgan fingerprint density at radius 2 is 1.13 bits per heavy atom. The van der Waals surface area contributed by atoms with Crippen LogP contribution in [0.25, 0.3) is 0 Å². The molecule has 0 radical (unpaired) electrons. The molecule has 0 aromatic heterocycles. The van der Waals surface area contributed by atoms with E-state index in [0.717, 1.165) is 6.42 Å². The normalized spacial score (nSPS) is 11.0. The van der Waals surface area contributed by atoms with Crippen molar-refractivity contribution in [3.8, 4) is 0 Å². The van der Waals surface area contributed by atoms with E-state index in [4.69, 9.17) is 10.3 Å². The van der Waals surface area contributed by atoms with E-state index < -0.39 is 10.1 Å². The molecule has 0 heterocycles. The predicted octanol–water partition coefficient (Wildman–Crippen LogP) is 6.81. The zero-order valence-electron chi connectivity index (χ0n) is 19.6. The molecule has 1 amide bonds. The topological polar surface area (TPSA) is 97.5 Å². The van der Waals surface area contributed by atoms with Gasteiger partial charge in [0.15, 0.2) is 0 Å². The summed E-state index contributed by atoms with van der Waals surface area (Å²) in [6.45, 7) is 2.28. The van der Waals surface area contributed by atoms with Gasteiger partial charge in [0, 0.05) is 6.42 Å². The van der Waals surface area contributed by atoms with Crippen molar-refractivity contribution in [3.05, 3.63) is 35.9 Å². The minimum absolute atomic E-state index is 0.153. The number of benzene rings is 1. The number of hydrogen-bond acceptors (Lipinski definition) is 3. The van der Waals surface area contributed by atoms with E-state index in [-0.39, 0.29) is 11.7 Å². The molecule has 0 aliphatic rings. The fourth-order valence-corrected chi connectivity index (χ4v) is 4.07. The Bertz CT molecular complexity index is 632. The molecule has 0 atom stereocenters. The third-order valence-electron chi connectivity index (χ3n) is 5.22. The molecule has 180 valence electrons. The summed E-state index contributed by atoms with van der Waals surface area (Å²) < 4.78 is 29.2. The lowest BCUT2D eigenvalue weighted by molar-refractivity contribution is -0.118. The van der Waals surface area contributed by atoms with E-state index in [1.54, 1.807) is 30.3 Å². The second-order valence-corrected chi connectivity index (χ2v) is 9.83. The van der Waals surface area contributed by atoms with E-state index >= 15 is 0 Å². The van der Waals surface area contributed by atoms with Crippen molar-refractivity contribution >= 4 is 16.0 Å². The van der Waals surface area contributed by atoms with Crippen LogP contribution in [0.15, 0.2) is 30.3 Å². The molecule has 6 heteroatoms. The van der Waals surface area contributed by atoms with E-state index in [1.165, 1.54) is 89.9 Å². The molecule has 5 nitrogen and oxygen atoms in total. The fourth-order valence-electron chi connectivity index (χ4n) is 3.46. The predicted molar refractivity (Wildman–Crippen MR) is 130 cm³/mol. The molecule has 1 aromatic carbocycles. The van der Waals surface area contributed by atoms with Gasteiger partial charge in [0.2, 0.25) is 5.91 Å². The van der Waals surface area contributed by atoms with Crippen molar-refractivity contribution in [1.82, 2.24) is 0 Å². The smallest absolute Gasteiger partial charge is 0.269 e. The molecule has 0 unspecified atom stereocenters. The molecule has 3 N–H and O–H groups in total. The molecule has 0 spiro atoms. The SMILES string of the molecule is CCCCCCCCCCCCCCCCCC(N)=O.O=S(=O)(O)Cc1ccccc1. The first kappa shape index (κ1) is 29.6. The lowest BCUT2D eigenvalue weighted by Gasteiger charge is -2.03. The van der Waals surface area contributed by atoms with E-state index in [0.29, 0.717) is 12.0 Å². The molecule has 0 saturated carbocycles. The third kappa shape index (κ3) is 24.7. The van der Waals surface area contributed by atoms with Gasteiger partial charge in [-0.3, -0.25) is 9.35 Å². The van der Waals surface area contributed by atoms with Crippen LogP contribution in [0.1, 0.15) is 115 Å². The zero-order valence-corrected chi connectivity index (χ0v) is 20.4. The van der Waals surface area contributed by atoms with Gasteiger partial charge >= 0.3 is 0 Å². The summed E-state index contributed by atoms with van der Waals surface area (Å²) >= 11 is 0. The number of hydrogen-bond donors (Lipinski definition) is 2. The van der Waals surface area contributed by atoms with E-state index in [2.05, 4.69) is 6.92 Å². The van der Waals surface area contributed by atoms with Crippen molar-refractivity contribution in [1.29, 1.82) is 0 Å². The number of primary amides is 1. The second kappa shape index (κ2) is 20.5. The molecule has 0 fully saturated rings. The summed E-state index contributed by atoms with van der Waals surface area (Å²) in [5.74, 6) is -0.465. The monoisotopic (exact) mass is 455 g/mol. The summed E-state index contributed by atoms with van der Waals surface area (Å²) in [6, 6.07) is 8.52. The first-order valence-electron chi connectivity index (χ1n) is 12.1. The van der Waals surface area contributed by atoms with Crippen LogP contribution in [0.4, 0.5) is 0 Å². The Hall–Kier alpha value is -1.40. The van der Waals surface area contributed by atoms with Gasteiger partial charge < -0.3 is 5.73 Å². The van der Waals surface area contributed by atoms with Crippen LogP contribution in [0, 0.1) is 0 Å². The largest absolute Gasteiger partial charge is 0.370 e. The Labute approximate surface area is 191 Å². The van der Waals surface area contributed by atoms with Crippen LogP contribution in [-0.4, -0.2) is 18.9 Å². The maximum atomic E-state index is 10.6. The minimum atomic E-state index is -3.88. The number of carbonyl (C=O) groups excluding carboxylic acids is 1. The summed E-state index contributed by atoms with van der Waals surface area (Å²) in [5, 5.41) is 0. The minimum Gasteiger partial charge on any atom is -0.370 e. The van der Waals surface area contributed by atoms with Crippen LogP contribution in [-0.2, 0) is 20.7 Å². The maximum Gasteiger partial charge on any atom is 0.269 e. The molecular weight excluding hydrogens is 410 g/mol. The third-order valence-corrected chi connectivity index (χ3v) is 5.92. The molecule has 1 rings (SSSR count). The van der Waals surface area contributed by atoms with Crippen molar-refractivity contribution in [2.75, 3.05) is 0 Å². The van der Waals surface area contributed by atoms with E-state index in [9.17, 15) is 13.2 Å². The number of amides is 1. The van der Waals surface area contributed by atoms with Gasteiger partial charge in [-0.15, -0.1) is 0 Å². The summed E-state index contributed by atoms with van der Waals surface area (Å²) in [4.78, 5) is 10.6. The van der Waals surface area contributed by atoms with Crippen molar-refractivity contribution in [2.24, 2.45) is 5.73 Å². The quantitative estimate of drug-likeness (QED) is 0.188. The van der Waals surface area contributed by atoms with Crippen LogP contribution in [0.5, 0.6) is 0 Å². The average molecular weight is 456 g/mol. The van der Waals surface area contributed by atoms with Crippen LogP contribution >= 0.6 is 0 Å². The zero-order chi connectivity index (χ0) is 23.2. The first-order chi connectivity index (χ1) is 14.8. The van der Waals surface area contributed by atoms with Crippen LogP contribution < -0.4 is 5.73 Å². The Kier molecular flexibility index (Phi) is 19.6. The molecule has 0 aliphatic heterocycles. The molecule has 31 heavy (non-hydrogen) atoms. The van der Waals surface area contributed by atoms with Gasteiger partial charge in [-0.1, -0.05) is 127 Å². The van der Waals surface area contributed by atoms with E-state index in [1.807, 2.05) is 0 Å². The number of carbonyl (C=O) groups is 1. The van der Waals surface area contributed by atoms with Gasteiger partial charge in [0.25, 0.3) is 10.1 Å². The highest BCUT2D eigenvalue weighted by Gasteiger charge is 2.04. The number of nitrogens with two attached hydrogens (primary N) is 1. The van der Waals surface area contributed by atoms with Crippen LogP contribution in [0.2, 0.25) is 0 Å². The van der Waals surface area contributed by atoms with Crippen LogP contribution in [0.3, 0.4) is 0 Å². The average Bonchev–Trinajstić information content (AvgIpc) is 2.71. The number of rotatable bonds is 18. The maximum absolute atomic E-state index is 10.6. The fraction of sp³-hybridized carbons (Fsp3) is 0.720. The first-order valence-corrected chi connectivity index (χ1v) is 13.7. The molecule has 0 aliphatic carbocycles. The Morgan fingerprint density at radius 3 is 1.48 bits per heavy atom. The summed E-state index contributed by atoms with van der Waals surface area (Å²) in [6.07, 6.45) is 20.9. The molecule has 1 aromatic rings. The van der Waals surface area contributed by atoms with Gasteiger partial charge in [-0.25, -0.2) is 0 Å². The highest BCUT2D eigenvalue weighted by Crippen LogP contribution is 2.13. The summed E-state index contributed by atoms with van der Waals surface area (Å²) in [7, 11) is -3.88. The lowest BCUT2D eigenvalue weighted by atomic mass is 10.0. The van der Waals surface area contributed by atoms with Crippen molar-refractivity contribution < 1.29 is 17.8 Å². The lowest BCUT2D eigenvalue weighted by Crippen LogP contribution is -2.09. The second-order valence-electron chi connectivity index (χ2n) is 8.38. The highest BCUT2D eigenvalue weighted by atomic mass is 32.2. The Balaban J connectivity index is 0.000000683. The highest BCUT2D eigenvalue weighted by molar-refractivity contribution is 7.85. The van der Waals surface area contributed by atoms with Gasteiger partial charge in [-0.05, 0) is 12.0 Å². The molecule has 0 bridgehead atoms. The Morgan fingerprint density at radius 1 is 0.742 bits per heavy atom. The van der Waals surface area contributed by atoms with Gasteiger partial charge in [0.1, 0.15) is 5.75 Å². The molecular formula is C25H45NO4S. The standard InChI is InChI=1S/C18H37NO.C7H8O3S/c1-2-3-4-5-6-7-8-9-10-11-12-13-14-15-16-17-18(19)20;8-11(9,10)6-7-4-2-1-3-5-7/h2-17H2,1H3,(H2,19,20);1-5H,6H2,(H,8,9,10). The summed E-state index contributed by atoms with van der Waals surface area (Å²) in [5.41, 5.74) is 5.70. The van der Waals surface area contributed by atoms with Crippen molar-refractivity contribution in [3.63, 3.8) is 0 Å². The van der Waals surface area contributed by atoms with Gasteiger partial charge in [-0.2, -0.15) is 8.42 Å². The number of unbranched alkanes of at least 4 members (excludes halogenated alkanes) is 14. The van der Waals surface area contributed by atoms with Gasteiger partial charge in [0.05, 0.1) is 0 Å². The van der Waals surface area contributed by atoms with Crippen molar-refractivity contribution in [2.45, 2.75) is 115 Å². The molecule has 0 saturated heterocycles.